The van der Waals surface area contributed by atoms with Crippen molar-refractivity contribution in [2.24, 2.45) is 0 Å². The van der Waals surface area contributed by atoms with Gasteiger partial charge in [0.15, 0.2) is 0 Å². The fraction of sp³-hybridized carbons (Fsp3) is 0.100. The van der Waals surface area contributed by atoms with Crippen molar-refractivity contribution in [1.29, 1.82) is 0 Å². The first-order chi connectivity index (χ1) is 13.0. The van der Waals surface area contributed by atoms with E-state index in [1.54, 1.807) is 12.2 Å². The topological polar surface area (TPSA) is 46.6 Å². The Hall–Kier alpha value is -1.83. The molecule has 2 amide bonds. The molecular weight excluding hydrogens is 494 g/mol. The van der Waals surface area contributed by atoms with Gasteiger partial charge in [-0.1, -0.05) is 56.6 Å². The zero-order valence-corrected chi connectivity index (χ0v) is 18.1. The van der Waals surface area contributed by atoms with Gasteiger partial charge in [-0.3, -0.25) is 14.5 Å². The predicted octanol–water partition coefficient (Wildman–Crippen LogP) is 6.01. The van der Waals surface area contributed by atoms with Gasteiger partial charge in [-0.2, -0.15) is 0 Å². The maximum absolute atomic E-state index is 12.8. The molecule has 4 nitrogen and oxygen atoms in total. The molecule has 0 bridgehead atoms. The lowest BCUT2D eigenvalue weighted by atomic mass is 10.1. The molecule has 0 spiro atoms. The molecule has 0 aliphatic carbocycles. The molecule has 0 unspecified atom stereocenters. The number of thioether (sulfide) groups is 1. The molecule has 0 N–H and O–H groups in total. The van der Waals surface area contributed by atoms with E-state index in [-0.39, 0.29) is 17.7 Å². The molecular formula is C20H15Br2NO3S. The number of benzene rings is 2. The van der Waals surface area contributed by atoms with Gasteiger partial charge in [0, 0.05) is 14.5 Å². The monoisotopic (exact) mass is 507 g/mol. The van der Waals surface area contributed by atoms with Crippen LogP contribution in [0.1, 0.15) is 11.1 Å². The van der Waals surface area contributed by atoms with Gasteiger partial charge >= 0.3 is 0 Å². The summed E-state index contributed by atoms with van der Waals surface area (Å²) in [4.78, 5) is 26.7. The molecule has 1 heterocycles. The van der Waals surface area contributed by atoms with E-state index in [9.17, 15) is 9.59 Å². The van der Waals surface area contributed by atoms with E-state index >= 15 is 0 Å². The predicted molar refractivity (Wildman–Crippen MR) is 115 cm³/mol. The second-order valence-corrected chi connectivity index (χ2v) is 8.50. The largest absolute Gasteiger partial charge is 0.489 e. The van der Waals surface area contributed by atoms with Crippen LogP contribution in [0.4, 0.5) is 4.79 Å². The minimum Gasteiger partial charge on any atom is -0.489 e. The molecule has 1 aliphatic heterocycles. The number of nitrogens with zero attached hydrogens (tertiary/aromatic N) is 1. The summed E-state index contributed by atoms with van der Waals surface area (Å²) in [5.74, 6) is 0.316. The van der Waals surface area contributed by atoms with Crippen molar-refractivity contribution in [2.75, 3.05) is 6.61 Å². The molecule has 2 aromatic carbocycles. The summed E-state index contributed by atoms with van der Waals surface area (Å²) in [5, 5.41) is -0.283. The van der Waals surface area contributed by atoms with Crippen LogP contribution in [0.25, 0.3) is 6.08 Å². The van der Waals surface area contributed by atoms with Crippen molar-refractivity contribution in [2.45, 2.75) is 6.54 Å². The van der Waals surface area contributed by atoms with E-state index in [2.05, 4.69) is 38.4 Å². The summed E-state index contributed by atoms with van der Waals surface area (Å²) in [6.07, 6.45) is 3.34. The minimum atomic E-state index is -0.306. The number of hydrogen-bond donors (Lipinski definition) is 0. The van der Waals surface area contributed by atoms with E-state index < -0.39 is 0 Å². The molecule has 0 aromatic heterocycles. The number of ether oxygens (including phenoxy) is 1. The van der Waals surface area contributed by atoms with Crippen molar-refractivity contribution < 1.29 is 14.3 Å². The molecule has 7 heteroatoms. The Labute approximate surface area is 178 Å². The highest BCUT2D eigenvalue weighted by Gasteiger charge is 2.35. The third-order valence-electron chi connectivity index (χ3n) is 3.72. The smallest absolute Gasteiger partial charge is 0.293 e. The van der Waals surface area contributed by atoms with Crippen molar-refractivity contribution in [1.82, 2.24) is 4.90 Å². The molecule has 0 radical (unpaired) electrons. The Balaban J connectivity index is 1.86. The minimum absolute atomic E-state index is 0.236. The number of amides is 2. The van der Waals surface area contributed by atoms with Crippen LogP contribution in [-0.4, -0.2) is 22.7 Å². The summed E-state index contributed by atoms with van der Waals surface area (Å²) in [5.41, 5.74) is 1.60. The molecule has 0 atom stereocenters. The quantitative estimate of drug-likeness (QED) is 0.354. The van der Waals surface area contributed by atoms with Crippen LogP contribution in [0.2, 0.25) is 0 Å². The molecule has 2 aromatic rings. The zero-order valence-electron chi connectivity index (χ0n) is 14.2. The van der Waals surface area contributed by atoms with Gasteiger partial charge in [0.1, 0.15) is 12.4 Å². The van der Waals surface area contributed by atoms with Crippen LogP contribution in [0.15, 0.2) is 69.0 Å². The highest BCUT2D eigenvalue weighted by molar-refractivity contribution is 9.10. The van der Waals surface area contributed by atoms with Crippen molar-refractivity contribution in [3.63, 3.8) is 0 Å². The maximum Gasteiger partial charge on any atom is 0.293 e. The standard InChI is InChI=1S/C20H15Br2NO3S/c1-2-8-26-17-7-6-16(22)10-14(17)11-18-19(24)23(20(25)27-18)12-13-4-3-5-15(21)9-13/h2-7,9-11H,1,8,12H2/b18-11+. The summed E-state index contributed by atoms with van der Waals surface area (Å²) < 4.78 is 7.40. The molecule has 138 valence electrons. The Morgan fingerprint density at radius 2 is 1.89 bits per heavy atom. The molecule has 1 saturated heterocycles. The van der Waals surface area contributed by atoms with Crippen LogP contribution in [0.5, 0.6) is 5.75 Å². The SMILES string of the molecule is C=CCOc1ccc(Br)cc1/C=C1/SC(=O)N(Cc2cccc(Br)c2)C1=O. The third-order valence-corrected chi connectivity index (χ3v) is 5.61. The summed E-state index contributed by atoms with van der Waals surface area (Å²) >= 11 is 7.76. The van der Waals surface area contributed by atoms with E-state index in [4.69, 9.17) is 4.74 Å². The van der Waals surface area contributed by atoms with E-state index in [1.807, 2.05) is 42.5 Å². The first-order valence-corrected chi connectivity index (χ1v) is 10.4. The van der Waals surface area contributed by atoms with Gasteiger partial charge in [-0.15, -0.1) is 0 Å². The van der Waals surface area contributed by atoms with Crippen LogP contribution in [0.3, 0.4) is 0 Å². The van der Waals surface area contributed by atoms with Gasteiger partial charge in [-0.25, -0.2) is 0 Å². The Kier molecular flexibility index (Phi) is 6.57. The third kappa shape index (κ3) is 4.91. The van der Waals surface area contributed by atoms with Gasteiger partial charge < -0.3 is 4.74 Å². The molecule has 1 aliphatic rings. The first kappa shape index (κ1) is 19.9. The zero-order chi connectivity index (χ0) is 19.4. The van der Waals surface area contributed by atoms with Gasteiger partial charge in [0.25, 0.3) is 11.1 Å². The van der Waals surface area contributed by atoms with Crippen molar-refractivity contribution >= 4 is 60.8 Å². The van der Waals surface area contributed by atoms with Gasteiger partial charge in [0.05, 0.1) is 11.4 Å². The van der Waals surface area contributed by atoms with Crippen LogP contribution >= 0.6 is 43.6 Å². The number of rotatable bonds is 6. The van der Waals surface area contributed by atoms with E-state index in [0.29, 0.717) is 17.3 Å². The first-order valence-electron chi connectivity index (χ1n) is 8.01. The fourth-order valence-corrected chi connectivity index (χ4v) is 4.16. The Morgan fingerprint density at radius 3 is 2.63 bits per heavy atom. The molecule has 27 heavy (non-hydrogen) atoms. The maximum atomic E-state index is 12.8. The highest BCUT2D eigenvalue weighted by atomic mass is 79.9. The number of carbonyl (C=O) groups is 2. The van der Waals surface area contributed by atoms with Crippen LogP contribution in [-0.2, 0) is 11.3 Å². The number of imide groups is 1. The lowest BCUT2D eigenvalue weighted by Crippen LogP contribution is -2.27. The lowest BCUT2D eigenvalue weighted by Gasteiger charge is -2.12. The highest BCUT2D eigenvalue weighted by Crippen LogP contribution is 2.35. The average molecular weight is 509 g/mol. The number of carbonyl (C=O) groups excluding carboxylic acids is 2. The number of hydrogen-bond acceptors (Lipinski definition) is 4. The van der Waals surface area contributed by atoms with E-state index in [0.717, 1.165) is 31.8 Å². The molecule has 1 fully saturated rings. The molecule has 0 saturated carbocycles. The second kappa shape index (κ2) is 8.91. The van der Waals surface area contributed by atoms with Crippen molar-refractivity contribution in [3.05, 3.63) is 80.1 Å². The van der Waals surface area contributed by atoms with E-state index in [1.165, 1.54) is 4.90 Å². The molecule has 3 rings (SSSR count). The van der Waals surface area contributed by atoms with Gasteiger partial charge in [0.2, 0.25) is 0 Å². The van der Waals surface area contributed by atoms with Crippen molar-refractivity contribution in [3.8, 4) is 5.75 Å². The van der Waals surface area contributed by atoms with Gasteiger partial charge in [-0.05, 0) is 53.7 Å². The second-order valence-electron chi connectivity index (χ2n) is 5.68. The fourth-order valence-electron chi connectivity index (χ4n) is 2.51. The van der Waals surface area contributed by atoms with Crippen LogP contribution in [0, 0.1) is 0 Å². The summed E-state index contributed by atoms with van der Waals surface area (Å²) in [7, 11) is 0. The normalized spacial score (nSPS) is 15.5. The summed E-state index contributed by atoms with van der Waals surface area (Å²) in [6.45, 7) is 4.23. The van der Waals surface area contributed by atoms with Crippen LogP contribution < -0.4 is 4.74 Å². The summed E-state index contributed by atoms with van der Waals surface area (Å²) in [6, 6.07) is 13.1. The lowest BCUT2D eigenvalue weighted by molar-refractivity contribution is -0.123. The Bertz CT molecular complexity index is 943. The Morgan fingerprint density at radius 1 is 1.11 bits per heavy atom. The average Bonchev–Trinajstić information content (AvgIpc) is 2.89. The number of halogens is 2.